The molecule has 1 atom stereocenters. The Bertz CT molecular complexity index is 611. The van der Waals surface area contributed by atoms with Crippen LogP contribution in [0.3, 0.4) is 0 Å². The predicted octanol–water partition coefficient (Wildman–Crippen LogP) is 3.18. The van der Waals surface area contributed by atoms with Gasteiger partial charge in [0.1, 0.15) is 6.10 Å². The van der Waals surface area contributed by atoms with E-state index in [1.807, 2.05) is 13.8 Å². The Labute approximate surface area is 120 Å². The predicted molar refractivity (Wildman–Crippen MR) is 75.5 cm³/mol. The molecule has 19 heavy (non-hydrogen) atoms. The molecule has 0 amide bonds. The quantitative estimate of drug-likeness (QED) is 0.945. The van der Waals surface area contributed by atoms with Crippen LogP contribution in [-0.2, 0) is 0 Å². The van der Waals surface area contributed by atoms with Crippen LogP contribution in [0.25, 0.3) is 0 Å². The number of aliphatic hydroxyl groups excluding tert-OH is 1. The van der Waals surface area contributed by atoms with Gasteiger partial charge in [0, 0.05) is 6.04 Å². The Kier molecular flexibility index (Phi) is 4.03. The summed E-state index contributed by atoms with van der Waals surface area (Å²) < 4.78 is 2.56. The topological polar surface area (TPSA) is 61.8 Å². The third kappa shape index (κ3) is 2.70. The first kappa shape index (κ1) is 13.8. The van der Waals surface area contributed by atoms with Crippen molar-refractivity contribution in [3.8, 4) is 6.07 Å². The van der Waals surface area contributed by atoms with Crippen LogP contribution in [0.2, 0.25) is 0 Å². The van der Waals surface area contributed by atoms with Crippen molar-refractivity contribution in [3.63, 3.8) is 0 Å². The lowest BCUT2D eigenvalue weighted by atomic mass is 10.0. The maximum absolute atomic E-state index is 10.5. The van der Waals surface area contributed by atoms with Gasteiger partial charge in [-0.05, 0) is 47.5 Å². The molecule has 0 aliphatic carbocycles. The molecule has 5 heteroatoms. The van der Waals surface area contributed by atoms with Gasteiger partial charge in [-0.3, -0.25) is 4.68 Å². The SMILES string of the molecule is CC(C)n1ncc(Br)c1C(O)c1ccc(C#N)cc1. The maximum atomic E-state index is 10.5. The molecule has 1 heterocycles. The lowest BCUT2D eigenvalue weighted by molar-refractivity contribution is 0.204. The van der Waals surface area contributed by atoms with Crippen molar-refractivity contribution in [1.82, 2.24) is 9.78 Å². The Hall–Kier alpha value is -1.64. The summed E-state index contributed by atoms with van der Waals surface area (Å²) in [4.78, 5) is 0. The Morgan fingerprint density at radius 2 is 1.95 bits per heavy atom. The molecule has 0 aliphatic rings. The second-order valence-corrected chi connectivity index (χ2v) is 5.41. The minimum atomic E-state index is -0.771. The number of nitrogens with zero attached hydrogens (tertiary/aromatic N) is 3. The van der Waals surface area contributed by atoms with Crippen molar-refractivity contribution >= 4 is 15.9 Å². The van der Waals surface area contributed by atoms with Gasteiger partial charge in [-0.25, -0.2) is 0 Å². The van der Waals surface area contributed by atoms with Gasteiger partial charge in [0.15, 0.2) is 0 Å². The van der Waals surface area contributed by atoms with Crippen molar-refractivity contribution < 1.29 is 5.11 Å². The van der Waals surface area contributed by atoms with Crippen LogP contribution < -0.4 is 0 Å². The molecule has 0 fully saturated rings. The molecule has 0 aliphatic heterocycles. The van der Waals surface area contributed by atoms with E-state index in [2.05, 4.69) is 27.1 Å². The largest absolute Gasteiger partial charge is 0.382 e. The van der Waals surface area contributed by atoms with Crippen LogP contribution >= 0.6 is 15.9 Å². The van der Waals surface area contributed by atoms with Gasteiger partial charge in [0.05, 0.1) is 28.0 Å². The molecule has 1 N–H and O–H groups in total. The summed E-state index contributed by atoms with van der Waals surface area (Å²) in [6, 6.07) is 9.13. The number of aromatic nitrogens is 2. The van der Waals surface area contributed by atoms with Crippen molar-refractivity contribution in [2.45, 2.75) is 26.0 Å². The van der Waals surface area contributed by atoms with Crippen LogP contribution in [0.1, 0.15) is 42.8 Å². The minimum absolute atomic E-state index is 0.161. The van der Waals surface area contributed by atoms with E-state index in [0.29, 0.717) is 5.56 Å². The van der Waals surface area contributed by atoms with Gasteiger partial charge >= 0.3 is 0 Å². The maximum Gasteiger partial charge on any atom is 0.122 e. The number of nitriles is 1. The highest BCUT2D eigenvalue weighted by molar-refractivity contribution is 9.10. The second-order valence-electron chi connectivity index (χ2n) is 4.55. The fourth-order valence-corrected chi connectivity index (χ4v) is 2.41. The molecule has 0 bridgehead atoms. The smallest absolute Gasteiger partial charge is 0.122 e. The van der Waals surface area contributed by atoms with Crippen LogP contribution in [0.4, 0.5) is 0 Å². The first-order chi connectivity index (χ1) is 9.04. The molecule has 98 valence electrons. The van der Waals surface area contributed by atoms with Crippen molar-refractivity contribution in [2.75, 3.05) is 0 Å². The van der Waals surface area contributed by atoms with Gasteiger partial charge in [-0.15, -0.1) is 0 Å². The molecule has 1 aromatic heterocycles. The van der Waals surface area contributed by atoms with E-state index in [0.717, 1.165) is 15.7 Å². The summed E-state index contributed by atoms with van der Waals surface area (Å²) >= 11 is 3.42. The highest BCUT2D eigenvalue weighted by Crippen LogP contribution is 2.30. The van der Waals surface area contributed by atoms with Crippen molar-refractivity contribution in [1.29, 1.82) is 5.26 Å². The Morgan fingerprint density at radius 1 is 1.32 bits per heavy atom. The monoisotopic (exact) mass is 319 g/mol. The second kappa shape index (κ2) is 5.55. The van der Waals surface area contributed by atoms with E-state index in [-0.39, 0.29) is 6.04 Å². The molecular formula is C14H14BrN3O. The number of aliphatic hydroxyl groups is 1. The first-order valence-corrected chi connectivity index (χ1v) is 6.75. The van der Waals surface area contributed by atoms with Gasteiger partial charge in [-0.1, -0.05) is 12.1 Å². The van der Waals surface area contributed by atoms with E-state index >= 15 is 0 Å². The fraction of sp³-hybridized carbons (Fsp3) is 0.286. The normalized spacial score (nSPS) is 12.4. The third-order valence-electron chi connectivity index (χ3n) is 2.89. The zero-order valence-corrected chi connectivity index (χ0v) is 12.3. The van der Waals surface area contributed by atoms with E-state index in [9.17, 15) is 5.11 Å². The molecule has 0 saturated carbocycles. The van der Waals surface area contributed by atoms with Crippen LogP contribution in [0, 0.1) is 11.3 Å². The zero-order valence-electron chi connectivity index (χ0n) is 10.7. The van der Waals surface area contributed by atoms with Crippen LogP contribution in [0.5, 0.6) is 0 Å². The Morgan fingerprint density at radius 3 is 2.47 bits per heavy atom. The highest BCUT2D eigenvalue weighted by Gasteiger charge is 2.20. The lowest BCUT2D eigenvalue weighted by Crippen LogP contribution is -2.12. The molecule has 0 radical (unpaired) electrons. The molecule has 2 rings (SSSR count). The van der Waals surface area contributed by atoms with Crippen molar-refractivity contribution in [3.05, 3.63) is 51.8 Å². The minimum Gasteiger partial charge on any atom is -0.382 e. The lowest BCUT2D eigenvalue weighted by Gasteiger charge is -2.17. The Balaban J connectivity index is 2.41. The molecular weight excluding hydrogens is 306 g/mol. The number of hydrogen-bond acceptors (Lipinski definition) is 3. The zero-order chi connectivity index (χ0) is 14.0. The molecule has 1 unspecified atom stereocenters. The van der Waals surface area contributed by atoms with Crippen LogP contribution in [0.15, 0.2) is 34.9 Å². The number of rotatable bonds is 3. The summed E-state index contributed by atoms with van der Waals surface area (Å²) in [5, 5.41) is 23.5. The average molecular weight is 320 g/mol. The number of halogens is 1. The molecule has 0 saturated heterocycles. The summed E-state index contributed by atoms with van der Waals surface area (Å²) in [5.41, 5.74) is 2.04. The molecule has 2 aromatic rings. The number of hydrogen-bond donors (Lipinski definition) is 1. The van der Waals surface area contributed by atoms with Crippen molar-refractivity contribution in [2.24, 2.45) is 0 Å². The van der Waals surface area contributed by atoms with E-state index in [1.165, 1.54) is 0 Å². The van der Waals surface area contributed by atoms with Gasteiger partial charge in [0.2, 0.25) is 0 Å². The van der Waals surface area contributed by atoms with Gasteiger partial charge in [0.25, 0.3) is 0 Å². The van der Waals surface area contributed by atoms with Gasteiger partial charge < -0.3 is 5.11 Å². The molecule has 1 aromatic carbocycles. The summed E-state index contributed by atoms with van der Waals surface area (Å²) in [7, 11) is 0. The molecule has 0 spiro atoms. The van der Waals surface area contributed by atoms with E-state index in [1.54, 1.807) is 35.1 Å². The van der Waals surface area contributed by atoms with E-state index in [4.69, 9.17) is 5.26 Å². The van der Waals surface area contributed by atoms with Crippen LogP contribution in [-0.4, -0.2) is 14.9 Å². The van der Waals surface area contributed by atoms with Gasteiger partial charge in [-0.2, -0.15) is 10.4 Å². The van der Waals surface area contributed by atoms with E-state index < -0.39 is 6.10 Å². The summed E-state index contributed by atoms with van der Waals surface area (Å²) in [6.07, 6.45) is 0.911. The average Bonchev–Trinajstić information content (AvgIpc) is 2.80. The standard InChI is InChI=1S/C14H14BrN3O/c1-9(2)18-13(12(15)8-17-18)14(19)11-5-3-10(7-16)4-6-11/h3-6,8-9,14,19H,1-2H3. The first-order valence-electron chi connectivity index (χ1n) is 5.95. The molecule has 4 nitrogen and oxygen atoms in total. The third-order valence-corrected chi connectivity index (χ3v) is 3.50. The fourth-order valence-electron chi connectivity index (χ4n) is 1.92. The number of benzene rings is 1. The summed E-state index contributed by atoms with van der Waals surface area (Å²) in [5.74, 6) is 0. The highest BCUT2D eigenvalue weighted by atomic mass is 79.9. The summed E-state index contributed by atoms with van der Waals surface area (Å²) in [6.45, 7) is 4.02.